The maximum absolute atomic E-state index is 12.0. The largest absolute Gasteiger partial charge is 0.399 e. The van der Waals surface area contributed by atoms with E-state index in [9.17, 15) is 8.42 Å². The summed E-state index contributed by atoms with van der Waals surface area (Å²) < 4.78 is 32.0. The number of sulfonamides is 1. The van der Waals surface area contributed by atoms with Gasteiger partial charge in [0, 0.05) is 24.8 Å². The molecule has 0 radical (unpaired) electrons. The molecule has 19 heavy (non-hydrogen) atoms. The van der Waals surface area contributed by atoms with Crippen molar-refractivity contribution in [3.63, 3.8) is 0 Å². The summed E-state index contributed by atoms with van der Waals surface area (Å²) in [6.45, 7) is 3.13. The van der Waals surface area contributed by atoms with Crippen molar-refractivity contribution in [1.82, 2.24) is 4.72 Å². The van der Waals surface area contributed by atoms with E-state index in [0.29, 0.717) is 18.8 Å². The lowest BCUT2D eigenvalue weighted by atomic mass is 10.0. The smallest absolute Gasteiger partial charge is 0.215 e. The molecule has 1 saturated heterocycles. The summed E-state index contributed by atoms with van der Waals surface area (Å²) in [4.78, 5) is 0. The highest BCUT2D eigenvalue weighted by Gasteiger charge is 2.25. The molecule has 0 spiro atoms. The standard InChI is InChI=1S/C13H20N2O3S/c1-10-12(6-7-18-10)8-15-19(16,17)9-11-2-4-13(14)5-3-11/h2-5,10,12,15H,6-9,14H2,1H3. The zero-order valence-corrected chi connectivity index (χ0v) is 11.8. The average Bonchev–Trinajstić information content (AvgIpc) is 2.75. The number of hydrogen-bond acceptors (Lipinski definition) is 4. The van der Waals surface area contributed by atoms with Gasteiger partial charge in [-0.3, -0.25) is 0 Å². The highest BCUT2D eigenvalue weighted by Crippen LogP contribution is 2.19. The van der Waals surface area contributed by atoms with Crippen LogP contribution in [0.4, 0.5) is 5.69 Å². The fraction of sp³-hybridized carbons (Fsp3) is 0.538. The summed E-state index contributed by atoms with van der Waals surface area (Å²) in [5.74, 6) is 0.246. The van der Waals surface area contributed by atoms with E-state index < -0.39 is 10.0 Å². The van der Waals surface area contributed by atoms with E-state index in [1.54, 1.807) is 24.3 Å². The lowest BCUT2D eigenvalue weighted by Gasteiger charge is -2.15. The van der Waals surface area contributed by atoms with Gasteiger partial charge in [0.1, 0.15) is 0 Å². The van der Waals surface area contributed by atoms with Crippen molar-refractivity contribution in [3.05, 3.63) is 29.8 Å². The Morgan fingerprint density at radius 2 is 2.05 bits per heavy atom. The molecule has 0 aromatic heterocycles. The molecule has 106 valence electrons. The number of anilines is 1. The number of benzene rings is 1. The zero-order valence-electron chi connectivity index (χ0n) is 11.0. The van der Waals surface area contributed by atoms with Crippen LogP contribution in [0, 0.1) is 5.92 Å². The summed E-state index contributed by atoms with van der Waals surface area (Å²) >= 11 is 0. The second-order valence-electron chi connectivity index (χ2n) is 4.97. The first-order valence-electron chi connectivity index (χ1n) is 6.39. The second-order valence-corrected chi connectivity index (χ2v) is 6.78. The first kappa shape index (κ1) is 14.3. The lowest BCUT2D eigenvalue weighted by molar-refractivity contribution is 0.107. The first-order valence-corrected chi connectivity index (χ1v) is 8.05. The van der Waals surface area contributed by atoms with E-state index in [4.69, 9.17) is 10.5 Å². The minimum absolute atomic E-state index is 0.0186. The molecule has 2 rings (SSSR count). The third kappa shape index (κ3) is 4.19. The van der Waals surface area contributed by atoms with E-state index in [2.05, 4.69) is 4.72 Å². The third-order valence-electron chi connectivity index (χ3n) is 3.44. The van der Waals surface area contributed by atoms with Crippen molar-refractivity contribution in [2.45, 2.75) is 25.2 Å². The van der Waals surface area contributed by atoms with Gasteiger partial charge in [0.25, 0.3) is 0 Å². The molecule has 1 aliphatic rings. The van der Waals surface area contributed by atoms with E-state index in [0.717, 1.165) is 12.0 Å². The summed E-state index contributed by atoms with van der Waals surface area (Å²) in [7, 11) is -3.30. The van der Waals surface area contributed by atoms with Gasteiger partial charge in [-0.15, -0.1) is 0 Å². The van der Waals surface area contributed by atoms with Gasteiger partial charge in [0.2, 0.25) is 10.0 Å². The van der Waals surface area contributed by atoms with Crippen LogP contribution in [0.2, 0.25) is 0 Å². The van der Waals surface area contributed by atoms with Gasteiger partial charge in [-0.2, -0.15) is 0 Å². The molecule has 1 aromatic rings. The quantitative estimate of drug-likeness (QED) is 0.794. The van der Waals surface area contributed by atoms with Crippen molar-refractivity contribution in [2.24, 2.45) is 5.92 Å². The molecular formula is C13H20N2O3S. The van der Waals surface area contributed by atoms with Crippen molar-refractivity contribution < 1.29 is 13.2 Å². The zero-order chi connectivity index (χ0) is 13.9. The van der Waals surface area contributed by atoms with Gasteiger partial charge in [0.05, 0.1) is 11.9 Å². The summed E-state index contributed by atoms with van der Waals surface area (Å²) in [5.41, 5.74) is 6.93. The van der Waals surface area contributed by atoms with Crippen LogP contribution >= 0.6 is 0 Å². The number of nitrogens with one attached hydrogen (secondary N) is 1. The molecule has 0 saturated carbocycles. The highest BCUT2D eigenvalue weighted by atomic mass is 32.2. The van der Waals surface area contributed by atoms with Crippen molar-refractivity contribution >= 4 is 15.7 Å². The Labute approximate surface area is 114 Å². The van der Waals surface area contributed by atoms with Crippen LogP contribution in [-0.4, -0.2) is 27.7 Å². The molecule has 2 atom stereocenters. The van der Waals surface area contributed by atoms with Crippen LogP contribution < -0.4 is 10.5 Å². The topological polar surface area (TPSA) is 81.4 Å². The molecule has 5 nitrogen and oxygen atoms in total. The van der Waals surface area contributed by atoms with Gasteiger partial charge in [-0.25, -0.2) is 13.1 Å². The minimum atomic E-state index is -3.30. The molecule has 3 N–H and O–H groups in total. The van der Waals surface area contributed by atoms with Gasteiger partial charge in [-0.1, -0.05) is 12.1 Å². The first-order chi connectivity index (χ1) is 8.96. The van der Waals surface area contributed by atoms with Crippen LogP contribution in [0.3, 0.4) is 0 Å². The van der Waals surface area contributed by atoms with Gasteiger partial charge >= 0.3 is 0 Å². The van der Waals surface area contributed by atoms with Crippen LogP contribution in [0.25, 0.3) is 0 Å². The number of nitrogen functional groups attached to an aromatic ring is 1. The fourth-order valence-electron chi connectivity index (χ4n) is 2.16. The predicted octanol–water partition coefficient (Wildman–Crippen LogP) is 1.11. The van der Waals surface area contributed by atoms with Crippen LogP contribution in [0.5, 0.6) is 0 Å². The van der Waals surface area contributed by atoms with E-state index in [-0.39, 0.29) is 17.8 Å². The van der Waals surface area contributed by atoms with Gasteiger partial charge in [0.15, 0.2) is 0 Å². The Hall–Kier alpha value is -1.11. The van der Waals surface area contributed by atoms with Crippen molar-refractivity contribution in [2.75, 3.05) is 18.9 Å². The summed E-state index contributed by atoms with van der Waals surface area (Å²) in [5, 5.41) is 0. The van der Waals surface area contributed by atoms with Crippen molar-refractivity contribution in [1.29, 1.82) is 0 Å². The van der Waals surface area contributed by atoms with Crippen LogP contribution in [-0.2, 0) is 20.5 Å². The number of nitrogens with two attached hydrogens (primary N) is 1. The maximum Gasteiger partial charge on any atom is 0.215 e. The summed E-state index contributed by atoms with van der Waals surface area (Å²) in [6.07, 6.45) is 1.03. The number of rotatable bonds is 5. The van der Waals surface area contributed by atoms with Crippen LogP contribution in [0.1, 0.15) is 18.9 Å². The molecule has 2 unspecified atom stereocenters. The molecule has 1 heterocycles. The molecule has 0 aliphatic carbocycles. The Kier molecular flexibility index (Phi) is 4.44. The average molecular weight is 284 g/mol. The van der Waals surface area contributed by atoms with E-state index >= 15 is 0 Å². The molecule has 1 aliphatic heterocycles. The SMILES string of the molecule is CC1OCCC1CNS(=O)(=O)Cc1ccc(N)cc1. The fourth-order valence-corrected chi connectivity index (χ4v) is 3.36. The Balaban J connectivity index is 1.89. The Morgan fingerprint density at radius 1 is 1.37 bits per heavy atom. The normalized spacial score (nSPS) is 23.6. The maximum atomic E-state index is 12.0. The predicted molar refractivity (Wildman–Crippen MR) is 75.0 cm³/mol. The van der Waals surface area contributed by atoms with Gasteiger partial charge in [-0.05, 0) is 31.0 Å². The molecule has 6 heteroatoms. The van der Waals surface area contributed by atoms with E-state index in [1.807, 2.05) is 6.92 Å². The molecule has 1 fully saturated rings. The van der Waals surface area contributed by atoms with Crippen molar-refractivity contribution in [3.8, 4) is 0 Å². The Morgan fingerprint density at radius 3 is 2.63 bits per heavy atom. The molecule has 1 aromatic carbocycles. The lowest BCUT2D eigenvalue weighted by Crippen LogP contribution is -2.32. The van der Waals surface area contributed by atoms with Crippen LogP contribution in [0.15, 0.2) is 24.3 Å². The summed E-state index contributed by atoms with van der Waals surface area (Å²) in [6, 6.07) is 6.88. The highest BCUT2D eigenvalue weighted by molar-refractivity contribution is 7.88. The molecule has 0 amide bonds. The molecule has 0 bridgehead atoms. The minimum Gasteiger partial charge on any atom is -0.399 e. The number of ether oxygens (including phenoxy) is 1. The van der Waals surface area contributed by atoms with E-state index in [1.165, 1.54) is 0 Å². The second kappa shape index (κ2) is 5.90. The number of hydrogen-bond donors (Lipinski definition) is 2. The monoisotopic (exact) mass is 284 g/mol. The Bertz CT molecular complexity index is 513. The molecular weight excluding hydrogens is 264 g/mol. The third-order valence-corrected chi connectivity index (χ3v) is 4.75. The van der Waals surface area contributed by atoms with Gasteiger partial charge < -0.3 is 10.5 Å².